The molecule has 162 valence electrons. The van der Waals surface area contributed by atoms with Crippen LogP contribution in [0, 0.1) is 12.3 Å². The predicted octanol–water partition coefficient (Wildman–Crippen LogP) is 2.11. The average molecular weight is 415 g/mol. The minimum Gasteiger partial charge on any atom is -0.492 e. The van der Waals surface area contributed by atoms with Gasteiger partial charge in [-0.15, -0.1) is 10.2 Å². The zero-order valence-electron chi connectivity index (χ0n) is 17.7. The molecule has 8 nitrogen and oxygen atoms in total. The normalized spacial score (nSPS) is 21.3. The molecule has 1 aromatic carbocycles. The number of likely N-dealkylation sites (tertiary alicyclic amines) is 2. The van der Waals surface area contributed by atoms with Crippen LogP contribution in [0.5, 0.6) is 5.75 Å². The number of rotatable bonds is 7. The number of aromatic nitrogens is 2. The van der Waals surface area contributed by atoms with Gasteiger partial charge < -0.3 is 18.8 Å². The summed E-state index contributed by atoms with van der Waals surface area (Å²) in [5, 5.41) is 8.33. The van der Waals surface area contributed by atoms with E-state index < -0.39 is 0 Å². The quantitative estimate of drug-likeness (QED) is 0.686. The number of ether oxygens (including phenoxy) is 2. The summed E-state index contributed by atoms with van der Waals surface area (Å²) in [6.45, 7) is 6.73. The molecule has 1 unspecified atom stereocenters. The van der Waals surface area contributed by atoms with Gasteiger partial charge in [-0.3, -0.25) is 9.69 Å². The topological polar surface area (TPSA) is 80.9 Å². The first-order valence-corrected chi connectivity index (χ1v) is 10.6. The molecule has 2 aromatic rings. The Kier molecular flexibility index (Phi) is 6.34. The molecule has 8 heteroatoms. The van der Waals surface area contributed by atoms with E-state index in [0.717, 1.165) is 44.8 Å². The van der Waals surface area contributed by atoms with Gasteiger partial charge in [0.1, 0.15) is 19.0 Å². The fraction of sp³-hybridized carbons (Fsp3) is 0.591. The zero-order chi connectivity index (χ0) is 21.0. The van der Waals surface area contributed by atoms with Crippen LogP contribution in [-0.4, -0.2) is 79.0 Å². The standard InChI is InChI=1S/C22H30N4O4/c1-17-23-24-21(30-17)19-14-26(20(27)15-28-2)16-22(19)8-10-25(11-9-22)12-13-29-18-6-4-3-5-7-18/h3-7,19H,8-16H2,1-2H3. The summed E-state index contributed by atoms with van der Waals surface area (Å²) in [6, 6.07) is 9.91. The van der Waals surface area contributed by atoms with Crippen LogP contribution >= 0.6 is 0 Å². The Labute approximate surface area is 177 Å². The van der Waals surface area contributed by atoms with Crippen molar-refractivity contribution in [3.05, 3.63) is 42.1 Å². The second-order valence-electron chi connectivity index (χ2n) is 8.28. The van der Waals surface area contributed by atoms with Gasteiger partial charge >= 0.3 is 0 Å². The number of carbonyl (C=O) groups is 1. The third-order valence-corrected chi connectivity index (χ3v) is 6.38. The van der Waals surface area contributed by atoms with Crippen molar-refractivity contribution in [3.63, 3.8) is 0 Å². The molecule has 2 saturated heterocycles. The number of hydrogen-bond donors (Lipinski definition) is 0. The van der Waals surface area contributed by atoms with Crippen molar-refractivity contribution in [2.24, 2.45) is 5.41 Å². The van der Waals surface area contributed by atoms with Gasteiger partial charge in [-0.2, -0.15) is 0 Å². The van der Waals surface area contributed by atoms with Gasteiger partial charge in [-0.25, -0.2) is 0 Å². The molecule has 2 fully saturated rings. The average Bonchev–Trinajstić information content (AvgIpc) is 3.34. The smallest absolute Gasteiger partial charge is 0.248 e. The van der Waals surface area contributed by atoms with Gasteiger partial charge in [0.15, 0.2) is 0 Å². The molecule has 30 heavy (non-hydrogen) atoms. The molecule has 0 radical (unpaired) electrons. The van der Waals surface area contributed by atoms with E-state index in [2.05, 4.69) is 15.1 Å². The molecule has 1 aromatic heterocycles. The molecule has 0 N–H and O–H groups in total. The lowest BCUT2D eigenvalue weighted by Gasteiger charge is -2.41. The first-order chi connectivity index (χ1) is 14.6. The first kappa shape index (κ1) is 20.8. The molecule has 3 heterocycles. The van der Waals surface area contributed by atoms with Gasteiger partial charge in [0, 0.05) is 39.1 Å². The lowest BCUT2D eigenvalue weighted by atomic mass is 9.70. The van der Waals surface area contributed by atoms with Crippen LogP contribution < -0.4 is 4.74 Å². The molecule has 2 aliphatic heterocycles. The Morgan fingerprint density at radius 2 is 2.00 bits per heavy atom. The van der Waals surface area contributed by atoms with Gasteiger partial charge in [0.25, 0.3) is 0 Å². The van der Waals surface area contributed by atoms with Crippen molar-refractivity contribution in [2.75, 3.05) is 53.0 Å². The van der Waals surface area contributed by atoms with Crippen molar-refractivity contribution >= 4 is 5.91 Å². The molecule has 0 saturated carbocycles. The van der Waals surface area contributed by atoms with Crippen LogP contribution in [0.4, 0.5) is 0 Å². The largest absolute Gasteiger partial charge is 0.492 e. The molecular weight excluding hydrogens is 384 g/mol. The number of amides is 1. The lowest BCUT2D eigenvalue weighted by Crippen LogP contribution is -2.45. The molecule has 4 rings (SSSR count). The highest BCUT2D eigenvalue weighted by Crippen LogP contribution is 2.49. The number of para-hydroxylation sites is 1. The maximum atomic E-state index is 12.5. The van der Waals surface area contributed by atoms with Gasteiger partial charge in [0.05, 0.1) is 5.92 Å². The van der Waals surface area contributed by atoms with E-state index >= 15 is 0 Å². The summed E-state index contributed by atoms with van der Waals surface area (Å²) < 4.78 is 16.7. The Bertz CT molecular complexity index is 833. The van der Waals surface area contributed by atoms with Crippen LogP contribution in [0.2, 0.25) is 0 Å². The first-order valence-electron chi connectivity index (χ1n) is 10.6. The lowest BCUT2D eigenvalue weighted by molar-refractivity contribution is -0.134. The Hall–Kier alpha value is -2.45. The van der Waals surface area contributed by atoms with Gasteiger partial charge in [-0.05, 0) is 38.1 Å². The van der Waals surface area contributed by atoms with Crippen LogP contribution in [0.25, 0.3) is 0 Å². The zero-order valence-corrected chi connectivity index (χ0v) is 17.7. The Morgan fingerprint density at radius 3 is 2.67 bits per heavy atom. The summed E-state index contributed by atoms with van der Waals surface area (Å²) in [6.07, 6.45) is 1.97. The van der Waals surface area contributed by atoms with Crippen molar-refractivity contribution < 1.29 is 18.7 Å². The van der Waals surface area contributed by atoms with Crippen LogP contribution in [-0.2, 0) is 9.53 Å². The monoisotopic (exact) mass is 414 g/mol. The summed E-state index contributed by atoms with van der Waals surface area (Å²) in [5.41, 5.74) is -0.0286. The van der Waals surface area contributed by atoms with E-state index in [1.165, 1.54) is 0 Å². The number of hydrogen-bond acceptors (Lipinski definition) is 7. The molecule has 0 aliphatic carbocycles. The Balaban J connectivity index is 1.38. The van der Waals surface area contributed by atoms with Crippen molar-refractivity contribution in [1.82, 2.24) is 20.0 Å². The molecule has 1 amide bonds. The maximum Gasteiger partial charge on any atom is 0.248 e. The van der Waals surface area contributed by atoms with Gasteiger partial charge in [-0.1, -0.05) is 18.2 Å². The van der Waals surface area contributed by atoms with E-state index in [9.17, 15) is 4.79 Å². The molecule has 1 atom stereocenters. The third kappa shape index (κ3) is 4.49. The summed E-state index contributed by atoms with van der Waals surface area (Å²) in [7, 11) is 1.55. The number of aryl methyl sites for hydroxylation is 1. The maximum absolute atomic E-state index is 12.5. The SMILES string of the molecule is COCC(=O)N1CC(c2nnc(C)o2)C2(CCN(CCOc3ccccc3)CC2)C1. The number of methoxy groups -OCH3 is 1. The minimum absolute atomic E-state index is 0.0225. The van der Waals surface area contributed by atoms with E-state index in [4.69, 9.17) is 13.9 Å². The van der Waals surface area contributed by atoms with Crippen molar-refractivity contribution in [1.29, 1.82) is 0 Å². The fourth-order valence-corrected chi connectivity index (χ4v) is 4.70. The summed E-state index contributed by atoms with van der Waals surface area (Å²) in [4.78, 5) is 16.8. The van der Waals surface area contributed by atoms with Crippen molar-refractivity contribution in [2.45, 2.75) is 25.7 Å². The van der Waals surface area contributed by atoms with E-state index in [1.807, 2.05) is 35.2 Å². The fourth-order valence-electron chi connectivity index (χ4n) is 4.70. The summed E-state index contributed by atoms with van der Waals surface area (Å²) in [5.74, 6) is 2.22. The van der Waals surface area contributed by atoms with Gasteiger partial charge in [0.2, 0.25) is 17.7 Å². The molecule has 1 spiro atoms. The predicted molar refractivity (Wildman–Crippen MR) is 110 cm³/mol. The Morgan fingerprint density at radius 1 is 1.23 bits per heavy atom. The minimum atomic E-state index is -0.0286. The molecular formula is C22H30N4O4. The molecule has 2 aliphatic rings. The van der Waals surface area contributed by atoms with E-state index in [0.29, 0.717) is 24.9 Å². The van der Waals surface area contributed by atoms with Crippen LogP contribution in [0.3, 0.4) is 0 Å². The number of nitrogens with zero attached hydrogens (tertiary/aromatic N) is 4. The van der Waals surface area contributed by atoms with E-state index in [-0.39, 0.29) is 23.8 Å². The number of piperidine rings is 1. The highest BCUT2D eigenvalue weighted by Gasteiger charge is 2.51. The molecule has 0 bridgehead atoms. The van der Waals surface area contributed by atoms with Crippen molar-refractivity contribution in [3.8, 4) is 5.75 Å². The highest BCUT2D eigenvalue weighted by atomic mass is 16.5. The van der Waals surface area contributed by atoms with E-state index in [1.54, 1.807) is 14.0 Å². The second-order valence-corrected chi connectivity index (χ2v) is 8.28. The summed E-state index contributed by atoms with van der Waals surface area (Å²) >= 11 is 0. The second kappa shape index (κ2) is 9.14. The third-order valence-electron chi connectivity index (χ3n) is 6.38. The number of carbonyl (C=O) groups excluding carboxylic acids is 1. The van der Waals surface area contributed by atoms with Crippen LogP contribution in [0.1, 0.15) is 30.5 Å². The number of benzene rings is 1. The van der Waals surface area contributed by atoms with Crippen LogP contribution in [0.15, 0.2) is 34.7 Å². The highest BCUT2D eigenvalue weighted by molar-refractivity contribution is 5.78.